The standard InChI is InChI=1S/C15H14ClNO2/c1-10(11-5-3-2-4-6-11)17-14-9-12(15(18)19)7-8-13(14)16/h2-10,17H,1H3,(H,18,19). The minimum absolute atomic E-state index is 0.0442. The second kappa shape index (κ2) is 5.76. The number of carboxylic acid groups (broad SMARTS) is 1. The van der Waals surface area contributed by atoms with Crippen LogP contribution in [0.3, 0.4) is 0 Å². The van der Waals surface area contributed by atoms with Crippen molar-refractivity contribution in [2.75, 3.05) is 5.32 Å². The van der Waals surface area contributed by atoms with E-state index >= 15 is 0 Å². The van der Waals surface area contributed by atoms with Crippen molar-refractivity contribution >= 4 is 23.3 Å². The average molecular weight is 276 g/mol. The largest absolute Gasteiger partial charge is 0.478 e. The van der Waals surface area contributed by atoms with Crippen LogP contribution in [-0.2, 0) is 0 Å². The predicted molar refractivity (Wildman–Crippen MR) is 76.9 cm³/mol. The number of benzene rings is 2. The lowest BCUT2D eigenvalue weighted by atomic mass is 10.1. The molecule has 19 heavy (non-hydrogen) atoms. The molecule has 1 unspecified atom stereocenters. The highest BCUT2D eigenvalue weighted by molar-refractivity contribution is 6.33. The Balaban J connectivity index is 2.23. The van der Waals surface area contributed by atoms with Gasteiger partial charge in [0, 0.05) is 6.04 Å². The number of carbonyl (C=O) groups is 1. The lowest BCUT2D eigenvalue weighted by Gasteiger charge is -2.17. The number of nitrogens with one attached hydrogen (secondary N) is 1. The fraction of sp³-hybridized carbons (Fsp3) is 0.133. The van der Waals surface area contributed by atoms with Crippen LogP contribution in [0.15, 0.2) is 48.5 Å². The summed E-state index contributed by atoms with van der Waals surface area (Å²) in [5, 5.41) is 12.7. The van der Waals surface area contributed by atoms with Crippen LogP contribution in [0.25, 0.3) is 0 Å². The second-order valence-corrected chi connectivity index (χ2v) is 4.68. The summed E-state index contributed by atoms with van der Waals surface area (Å²) in [6.07, 6.45) is 0. The van der Waals surface area contributed by atoms with Crippen LogP contribution in [0.4, 0.5) is 5.69 Å². The molecule has 0 spiro atoms. The maximum absolute atomic E-state index is 10.9. The Hall–Kier alpha value is -2.00. The molecule has 0 radical (unpaired) electrons. The number of aromatic carboxylic acids is 1. The third-order valence-electron chi connectivity index (χ3n) is 2.88. The van der Waals surface area contributed by atoms with Gasteiger partial charge >= 0.3 is 5.97 Å². The zero-order valence-corrected chi connectivity index (χ0v) is 11.2. The van der Waals surface area contributed by atoms with Crippen molar-refractivity contribution in [3.63, 3.8) is 0 Å². The topological polar surface area (TPSA) is 49.3 Å². The van der Waals surface area contributed by atoms with Gasteiger partial charge < -0.3 is 10.4 Å². The van der Waals surface area contributed by atoms with Crippen LogP contribution in [0.5, 0.6) is 0 Å². The van der Waals surface area contributed by atoms with E-state index in [4.69, 9.17) is 16.7 Å². The van der Waals surface area contributed by atoms with E-state index in [1.165, 1.54) is 6.07 Å². The van der Waals surface area contributed by atoms with Gasteiger partial charge in [0.15, 0.2) is 0 Å². The van der Waals surface area contributed by atoms with E-state index in [1.807, 2.05) is 37.3 Å². The molecule has 0 amide bonds. The van der Waals surface area contributed by atoms with Gasteiger partial charge in [0.25, 0.3) is 0 Å². The molecule has 0 aliphatic rings. The summed E-state index contributed by atoms with van der Waals surface area (Å²) in [4.78, 5) is 10.9. The molecule has 0 fully saturated rings. The normalized spacial score (nSPS) is 11.9. The van der Waals surface area contributed by atoms with Crippen LogP contribution in [-0.4, -0.2) is 11.1 Å². The number of halogens is 1. The van der Waals surface area contributed by atoms with Crippen LogP contribution in [0, 0.1) is 0 Å². The number of hydrogen-bond donors (Lipinski definition) is 2. The smallest absolute Gasteiger partial charge is 0.335 e. The second-order valence-electron chi connectivity index (χ2n) is 4.28. The predicted octanol–water partition coefficient (Wildman–Crippen LogP) is 4.21. The number of rotatable bonds is 4. The SMILES string of the molecule is CC(Nc1cc(C(=O)O)ccc1Cl)c1ccccc1. The Morgan fingerprint density at radius 3 is 2.53 bits per heavy atom. The summed E-state index contributed by atoms with van der Waals surface area (Å²) in [5.41, 5.74) is 1.95. The van der Waals surface area contributed by atoms with Crippen molar-refractivity contribution in [2.24, 2.45) is 0 Å². The number of anilines is 1. The van der Waals surface area contributed by atoms with E-state index < -0.39 is 5.97 Å². The maximum Gasteiger partial charge on any atom is 0.335 e. The van der Waals surface area contributed by atoms with Gasteiger partial charge in [0.05, 0.1) is 16.3 Å². The maximum atomic E-state index is 10.9. The molecular weight excluding hydrogens is 262 g/mol. The molecule has 3 nitrogen and oxygen atoms in total. The molecule has 0 heterocycles. The van der Waals surface area contributed by atoms with E-state index in [0.717, 1.165) is 5.56 Å². The third kappa shape index (κ3) is 3.26. The first kappa shape index (κ1) is 13.4. The Morgan fingerprint density at radius 2 is 1.89 bits per heavy atom. The Kier molecular flexibility index (Phi) is 4.07. The van der Waals surface area contributed by atoms with Crippen LogP contribution < -0.4 is 5.32 Å². The van der Waals surface area contributed by atoms with Gasteiger partial charge in [0.1, 0.15) is 0 Å². The highest BCUT2D eigenvalue weighted by Crippen LogP contribution is 2.27. The molecule has 2 aromatic carbocycles. The first-order valence-electron chi connectivity index (χ1n) is 5.92. The van der Waals surface area contributed by atoms with Gasteiger partial charge in [-0.25, -0.2) is 4.79 Å². The molecule has 0 aliphatic heterocycles. The van der Waals surface area contributed by atoms with Crippen LogP contribution in [0.2, 0.25) is 5.02 Å². The van der Waals surface area contributed by atoms with Crippen LogP contribution >= 0.6 is 11.6 Å². The lowest BCUT2D eigenvalue weighted by molar-refractivity contribution is 0.0697. The van der Waals surface area contributed by atoms with E-state index in [1.54, 1.807) is 12.1 Å². The van der Waals surface area contributed by atoms with Crippen LogP contribution in [0.1, 0.15) is 28.9 Å². The highest BCUT2D eigenvalue weighted by Gasteiger charge is 2.10. The first-order valence-corrected chi connectivity index (χ1v) is 6.30. The number of hydrogen-bond acceptors (Lipinski definition) is 2. The Bertz CT molecular complexity index is 584. The zero-order chi connectivity index (χ0) is 13.8. The van der Waals surface area contributed by atoms with E-state index in [0.29, 0.717) is 10.7 Å². The molecule has 4 heteroatoms. The molecule has 0 saturated carbocycles. The molecule has 2 aromatic rings. The minimum Gasteiger partial charge on any atom is -0.478 e. The van der Waals surface area contributed by atoms with Gasteiger partial charge in [-0.05, 0) is 30.7 Å². The first-order chi connectivity index (χ1) is 9.08. The third-order valence-corrected chi connectivity index (χ3v) is 3.21. The van der Waals surface area contributed by atoms with Gasteiger partial charge in [-0.15, -0.1) is 0 Å². The lowest BCUT2D eigenvalue weighted by Crippen LogP contribution is -2.08. The number of carboxylic acids is 1. The van der Waals surface area contributed by atoms with E-state index in [-0.39, 0.29) is 11.6 Å². The summed E-state index contributed by atoms with van der Waals surface area (Å²) >= 11 is 6.08. The highest BCUT2D eigenvalue weighted by atomic mass is 35.5. The van der Waals surface area contributed by atoms with E-state index in [9.17, 15) is 4.79 Å². The summed E-state index contributed by atoms with van der Waals surface area (Å²) in [5.74, 6) is -0.966. The van der Waals surface area contributed by atoms with Gasteiger partial charge in [0.2, 0.25) is 0 Å². The zero-order valence-electron chi connectivity index (χ0n) is 10.4. The summed E-state index contributed by atoms with van der Waals surface area (Å²) < 4.78 is 0. The molecule has 0 aromatic heterocycles. The quantitative estimate of drug-likeness (QED) is 0.879. The monoisotopic (exact) mass is 275 g/mol. The molecule has 2 rings (SSSR count). The van der Waals surface area contributed by atoms with Crippen molar-refractivity contribution < 1.29 is 9.90 Å². The van der Waals surface area contributed by atoms with Crippen molar-refractivity contribution in [2.45, 2.75) is 13.0 Å². The molecule has 1 atom stereocenters. The van der Waals surface area contributed by atoms with E-state index in [2.05, 4.69) is 5.32 Å². The average Bonchev–Trinajstić information content (AvgIpc) is 2.42. The minimum atomic E-state index is -0.966. The fourth-order valence-electron chi connectivity index (χ4n) is 1.83. The summed E-state index contributed by atoms with van der Waals surface area (Å²) in [6.45, 7) is 2.00. The van der Waals surface area contributed by atoms with Crippen molar-refractivity contribution in [3.8, 4) is 0 Å². The van der Waals surface area contributed by atoms with Crippen molar-refractivity contribution in [1.29, 1.82) is 0 Å². The summed E-state index contributed by atoms with van der Waals surface area (Å²) in [7, 11) is 0. The molecule has 2 N–H and O–H groups in total. The van der Waals surface area contributed by atoms with Crippen molar-refractivity contribution in [3.05, 3.63) is 64.7 Å². The summed E-state index contributed by atoms with van der Waals surface area (Å²) in [6, 6.07) is 14.6. The molecular formula is C15H14ClNO2. The van der Waals surface area contributed by atoms with Crippen molar-refractivity contribution in [1.82, 2.24) is 0 Å². The van der Waals surface area contributed by atoms with Gasteiger partial charge in [-0.3, -0.25) is 0 Å². The Labute approximate surface area is 116 Å². The Morgan fingerprint density at radius 1 is 1.21 bits per heavy atom. The fourth-order valence-corrected chi connectivity index (χ4v) is 2.00. The molecule has 0 saturated heterocycles. The molecule has 0 aliphatic carbocycles. The molecule has 0 bridgehead atoms. The van der Waals surface area contributed by atoms with Gasteiger partial charge in [-0.2, -0.15) is 0 Å². The molecule has 98 valence electrons. The van der Waals surface area contributed by atoms with Gasteiger partial charge in [-0.1, -0.05) is 41.9 Å².